The monoisotopic (exact) mass is 424 g/mol. The topological polar surface area (TPSA) is 67.4 Å². The number of aliphatic imine (C=N–C) groups is 1. The van der Waals surface area contributed by atoms with E-state index < -0.39 is 0 Å². The molecule has 1 aliphatic heterocycles. The molecule has 0 radical (unpaired) electrons. The molecule has 1 aromatic rings. The molecule has 1 fully saturated rings. The van der Waals surface area contributed by atoms with E-state index in [1.807, 2.05) is 12.1 Å². The van der Waals surface area contributed by atoms with E-state index in [0.717, 1.165) is 44.1 Å². The summed E-state index contributed by atoms with van der Waals surface area (Å²) in [6.45, 7) is 9.21. The van der Waals surface area contributed by atoms with Gasteiger partial charge in [0.15, 0.2) is 5.96 Å². The van der Waals surface area contributed by atoms with Gasteiger partial charge in [-0.25, -0.2) is 4.39 Å². The number of guanidine groups is 1. The molecule has 1 saturated heterocycles. The van der Waals surface area contributed by atoms with Gasteiger partial charge >= 0.3 is 0 Å². The lowest BCUT2D eigenvalue weighted by atomic mass is 10.0. The van der Waals surface area contributed by atoms with Crippen molar-refractivity contribution in [2.24, 2.45) is 4.99 Å². The molecule has 7 nitrogen and oxygen atoms in total. The Hall–Kier alpha value is -1.74. The van der Waals surface area contributed by atoms with Crippen LogP contribution < -0.4 is 10.6 Å². The number of benzene rings is 1. The van der Waals surface area contributed by atoms with Gasteiger partial charge in [0.1, 0.15) is 5.82 Å². The smallest absolute Gasteiger partial charge is 0.191 e. The van der Waals surface area contributed by atoms with Crippen LogP contribution in [0.25, 0.3) is 0 Å². The van der Waals surface area contributed by atoms with Crippen LogP contribution in [0.4, 0.5) is 4.39 Å². The number of ether oxygens (including phenoxy) is 3. The fraction of sp³-hybridized carbons (Fsp3) is 0.682. The third-order valence-electron chi connectivity index (χ3n) is 4.98. The van der Waals surface area contributed by atoms with Crippen molar-refractivity contribution in [3.8, 4) is 0 Å². The quantitative estimate of drug-likeness (QED) is 0.288. The van der Waals surface area contributed by atoms with Crippen LogP contribution in [0.2, 0.25) is 0 Å². The van der Waals surface area contributed by atoms with Crippen LogP contribution in [0, 0.1) is 5.82 Å². The minimum absolute atomic E-state index is 0.115. The molecule has 1 unspecified atom stereocenters. The second kappa shape index (κ2) is 15.1. The Bertz CT molecular complexity index is 595. The first-order valence-corrected chi connectivity index (χ1v) is 10.9. The fourth-order valence-electron chi connectivity index (χ4n) is 3.26. The highest BCUT2D eigenvalue weighted by Crippen LogP contribution is 2.21. The third kappa shape index (κ3) is 9.38. The summed E-state index contributed by atoms with van der Waals surface area (Å²) in [6.07, 6.45) is 2.23. The van der Waals surface area contributed by atoms with Crippen molar-refractivity contribution in [2.45, 2.75) is 25.8 Å². The average Bonchev–Trinajstić information content (AvgIpc) is 2.78. The van der Waals surface area contributed by atoms with Crippen LogP contribution in [0.5, 0.6) is 0 Å². The van der Waals surface area contributed by atoms with Gasteiger partial charge in [-0.05, 0) is 24.1 Å². The second-order valence-corrected chi connectivity index (χ2v) is 7.17. The number of unbranched alkanes of at least 4 members (excludes halogenated alkanes) is 1. The molecule has 8 heteroatoms. The fourth-order valence-corrected chi connectivity index (χ4v) is 3.26. The predicted octanol–water partition coefficient (Wildman–Crippen LogP) is 2.20. The summed E-state index contributed by atoms with van der Waals surface area (Å²) >= 11 is 0. The number of halogens is 1. The minimum atomic E-state index is -0.222. The number of nitrogens with zero attached hydrogens (tertiary/aromatic N) is 2. The molecule has 0 amide bonds. The van der Waals surface area contributed by atoms with Crippen LogP contribution in [0.15, 0.2) is 29.3 Å². The van der Waals surface area contributed by atoms with Crippen molar-refractivity contribution < 1.29 is 18.6 Å². The SMILES string of the molecule is CCCCOCCOCCNC(=NC)NCC(c1ccc(F)cc1)N1CCOCC1. The summed E-state index contributed by atoms with van der Waals surface area (Å²) < 4.78 is 29.9. The highest BCUT2D eigenvalue weighted by Gasteiger charge is 2.23. The second-order valence-electron chi connectivity index (χ2n) is 7.17. The van der Waals surface area contributed by atoms with E-state index >= 15 is 0 Å². The molecule has 0 spiro atoms. The van der Waals surface area contributed by atoms with Crippen molar-refractivity contribution in [3.63, 3.8) is 0 Å². The zero-order valence-corrected chi connectivity index (χ0v) is 18.4. The molecular weight excluding hydrogens is 387 g/mol. The van der Waals surface area contributed by atoms with E-state index in [0.29, 0.717) is 46.1 Å². The first-order valence-electron chi connectivity index (χ1n) is 10.9. The number of nitrogens with one attached hydrogen (secondary N) is 2. The minimum Gasteiger partial charge on any atom is -0.379 e. The summed E-state index contributed by atoms with van der Waals surface area (Å²) in [7, 11) is 1.75. The molecule has 2 rings (SSSR count). The zero-order chi connectivity index (χ0) is 21.4. The lowest BCUT2D eigenvalue weighted by Crippen LogP contribution is -2.46. The van der Waals surface area contributed by atoms with Gasteiger partial charge in [0.2, 0.25) is 0 Å². The molecule has 1 aliphatic rings. The predicted molar refractivity (Wildman–Crippen MR) is 117 cm³/mol. The maximum absolute atomic E-state index is 13.4. The standard InChI is InChI=1S/C22H37FN4O3/c1-3-4-12-28-16-17-29-13-9-25-22(24-2)26-18-21(27-10-14-30-15-11-27)19-5-7-20(23)8-6-19/h5-8,21H,3-4,9-18H2,1-2H3,(H2,24,25,26). The highest BCUT2D eigenvalue weighted by molar-refractivity contribution is 5.79. The van der Waals surface area contributed by atoms with Crippen molar-refractivity contribution in [1.29, 1.82) is 0 Å². The van der Waals surface area contributed by atoms with Crippen molar-refractivity contribution >= 4 is 5.96 Å². The molecule has 1 atom stereocenters. The van der Waals surface area contributed by atoms with Gasteiger partial charge in [0.25, 0.3) is 0 Å². The lowest BCUT2D eigenvalue weighted by Gasteiger charge is -2.35. The Balaban J connectivity index is 1.73. The molecule has 1 aromatic carbocycles. The molecule has 0 aliphatic carbocycles. The average molecular weight is 425 g/mol. The van der Waals surface area contributed by atoms with Gasteiger partial charge in [-0.15, -0.1) is 0 Å². The van der Waals surface area contributed by atoms with Gasteiger partial charge in [-0.3, -0.25) is 9.89 Å². The molecule has 0 aromatic heterocycles. The molecule has 0 saturated carbocycles. The normalized spacial score (nSPS) is 16.4. The Labute approximate surface area is 180 Å². The van der Waals surface area contributed by atoms with Crippen molar-refractivity contribution in [1.82, 2.24) is 15.5 Å². The summed E-state index contributed by atoms with van der Waals surface area (Å²) in [6, 6.07) is 6.84. The third-order valence-corrected chi connectivity index (χ3v) is 4.98. The Kier molecular flexibility index (Phi) is 12.4. The van der Waals surface area contributed by atoms with Gasteiger partial charge < -0.3 is 24.8 Å². The van der Waals surface area contributed by atoms with E-state index in [4.69, 9.17) is 14.2 Å². The summed E-state index contributed by atoms with van der Waals surface area (Å²) in [4.78, 5) is 6.65. The maximum atomic E-state index is 13.4. The Morgan fingerprint density at radius 1 is 1.10 bits per heavy atom. The van der Waals surface area contributed by atoms with Crippen molar-refractivity contribution in [3.05, 3.63) is 35.6 Å². The highest BCUT2D eigenvalue weighted by atomic mass is 19.1. The van der Waals surface area contributed by atoms with Gasteiger partial charge in [-0.2, -0.15) is 0 Å². The summed E-state index contributed by atoms with van der Waals surface area (Å²) in [5.41, 5.74) is 1.08. The Morgan fingerprint density at radius 3 is 2.47 bits per heavy atom. The van der Waals surface area contributed by atoms with E-state index in [9.17, 15) is 4.39 Å². The number of hydrogen-bond acceptors (Lipinski definition) is 5. The number of rotatable bonds is 13. The van der Waals surface area contributed by atoms with E-state index in [1.165, 1.54) is 12.1 Å². The van der Waals surface area contributed by atoms with Gasteiger partial charge in [-0.1, -0.05) is 25.5 Å². The largest absolute Gasteiger partial charge is 0.379 e. The molecular formula is C22H37FN4O3. The van der Waals surface area contributed by atoms with Crippen LogP contribution in [0.3, 0.4) is 0 Å². The van der Waals surface area contributed by atoms with Crippen molar-refractivity contribution in [2.75, 3.05) is 72.9 Å². The molecule has 2 N–H and O–H groups in total. The first kappa shape index (κ1) is 24.5. The van der Waals surface area contributed by atoms with Crippen LogP contribution in [0.1, 0.15) is 31.4 Å². The van der Waals surface area contributed by atoms with E-state index in [-0.39, 0.29) is 11.9 Å². The molecule has 30 heavy (non-hydrogen) atoms. The van der Waals surface area contributed by atoms with E-state index in [2.05, 4.69) is 27.4 Å². The molecule has 1 heterocycles. The maximum Gasteiger partial charge on any atom is 0.191 e. The zero-order valence-electron chi connectivity index (χ0n) is 18.4. The van der Waals surface area contributed by atoms with Gasteiger partial charge in [0, 0.05) is 39.8 Å². The van der Waals surface area contributed by atoms with Crippen LogP contribution in [-0.4, -0.2) is 83.7 Å². The van der Waals surface area contributed by atoms with Crippen LogP contribution >= 0.6 is 0 Å². The van der Waals surface area contributed by atoms with Crippen LogP contribution in [-0.2, 0) is 14.2 Å². The summed E-state index contributed by atoms with van der Waals surface area (Å²) in [5.74, 6) is 0.499. The van der Waals surface area contributed by atoms with E-state index in [1.54, 1.807) is 7.05 Å². The lowest BCUT2D eigenvalue weighted by molar-refractivity contribution is 0.0169. The number of morpholine rings is 1. The Morgan fingerprint density at radius 2 is 1.80 bits per heavy atom. The number of hydrogen-bond donors (Lipinski definition) is 2. The first-order chi connectivity index (χ1) is 14.7. The molecule has 0 bridgehead atoms. The summed E-state index contributed by atoms with van der Waals surface area (Å²) in [5, 5.41) is 6.66. The molecule has 170 valence electrons. The van der Waals surface area contributed by atoms with Gasteiger partial charge in [0.05, 0.1) is 39.1 Å².